The molecule has 0 bridgehead atoms. The van der Waals surface area contributed by atoms with Crippen molar-refractivity contribution >= 4 is 22.6 Å². The first-order valence-corrected chi connectivity index (χ1v) is 6.75. The van der Waals surface area contributed by atoms with Crippen LogP contribution < -0.4 is 0 Å². The van der Waals surface area contributed by atoms with Crippen LogP contribution in [0.25, 0.3) is 0 Å². The van der Waals surface area contributed by atoms with Crippen LogP contribution in [0.1, 0.15) is 12.8 Å². The quantitative estimate of drug-likeness (QED) is 0.610. The number of β-amino-alcohol motifs (C(OH)–C–C–N with tert-alkyl or cyclic N) is 1. The first-order chi connectivity index (χ1) is 6.79. The molecule has 0 radical (unpaired) electrons. The van der Waals surface area contributed by atoms with Gasteiger partial charge in [0.15, 0.2) is 0 Å². The van der Waals surface area contributed by atoms with Crippen molar-refractivity contribution in [3.63, 3.8) is 0 Å². The summed E-state index contributed by atoms with van der Waals surface area (Å²) < 4.78 is 0.924. The van der Waals surface area contributed by atoms with Crippen LogP contribution in [0.5, 0.6) is 0 Å². The van der Waals surface area contributed by atoms with Crippen LogP contribution in [0.15, 0.2) is 0 Å². The Balaban J connectivity index is 1.68. The van der Waals surface area contributed by atoms with E-state index in [2.05, 4.69) is 32.4 Å². The number of rotatable bonds is 3. The minimum absolute atomic E-state index is 0.305. The van der Waals surface area contributed by atoms with Gasteiger partial charge in [-0.25, -0.2) is 0 Å². The molecule has 2 aliphatic rings. The Hall–Kier alpha value is 0.610. The summed E-state index contributed by atoms with van der Waals surface area (Å²) in [5.41, 5.74) is 0. The van der Waals surface area contributed by atoms with Crippen molar-refractivity contribution in [3.8, 4) is 0 Å². The number of nitrogens with zero attached hydrogens (tertiary/aromatic N) is 2. The third-order valence-corrected chi connectivity index (χ3v) is 4.41. The topological polar surface area (TPSA) is 26.7 Å². The molecule has 3 nitrogen and oxygen atoms in total. The zero-order valence-corrected chi connectivity index (χ0v) is 10.7. The third kappa shape index (κ3) is 2.59. The van der Waals surface area contributed by atoms with Gasteiger partial charge in [0.25, 0.3) is 0 Å². The summed E-state index contributed by atoms with van der Waals surface area (Å²) in [7, 11) is 0. The van der Waals surface area contributed by atoms with Crippen molar-refractivity contribution in [2.45, 2.75) is 22.8 Å². The van der Waals surface area contributed by atoms with Gasteiger partial charge in [-0.1, -0.05) is 22.6 Å². The minimum Gasteiger partial charge on any atom is -0.395 e. The summed E-state index contributed by atoms with van der Waals surface area (Å²) in [5.74, 6) is 0. The largest absolute Gasteiger partial charge is 0.395 e. The third-order valence-electron chi connectivity index (χ3n) is 3.40. The van der Waals surface area contributed by atoms with Crippen LogP contribution in [0.2, 0.25) is 0 Å². The molecule has 0 unspecified atom stereocenters. The molecule has 1 aliphatic carbocycles. The Morgan fingerprint density at radius 1 is 1.14 bits per heavy atom. The lowest BCUT2D eigenvalue weighted by molar-refractivity contribution is 0.0589. The van der Waals surface area contributed by atoms with E-state index >= 15 is 0 Å². The normalized spacial score (nSPS) is 35.6. The van der Waals surface area contributed by atoms with Gasteiger partial charge in [0.1, 0.15) is 0 Å². The van der Waals surface area contributed by atoms with Crippen molar-refractivity contribution in [1.82, 2.24) is 9.80 Å². The van der Waals surface area contributed by atoms with Gasteiger partial charge in [-0.15, -0.1) is 0 Å². The summed E-state index contributed by atoms with van der Waals surface area (Å²) >= 11 is 2.55. The molecule has 1 heterocycles. The van der Waals surface area contributed by atoms with E-state index < -0.39 is 0 Å². The molecule has 0 atom stereocenters. The molecule has 4 heteroatoms. The Bertz CT molecular complexity index is 177. The number of hydrogen-bond donors (Lipinski definition) is 1. The van der Waals surface area contributed by atoms with Crippen molar-refractivity contribution in [1.29, 1.82) is 0 Å². The van der Waals surface area contributed by atoms with Crippen molar-refractivity contribution in [3.05, 3.63) is 0 Å². The summed E-state index contributed by atoms with van der Waals surface area (Å²) in [5, 5.41) is 8.83. The molecule has 0 amide bonds. The molecule has 14 heavy (non-hydrogen) atoms. The molecule has 0 aromatic rings. The first kappa shape index (κ1) is 11.1. The molecular weight excluding hydrogens is 291 g/mol. The monoisotopic (exact) mass is 310 g/mol. The lowest BCUT2D eigenvalue weighted by Gasteiger charge is -2.44. The highest BCUT2D eigenvalue weighted by Gasteiger charge is 2.33. The maximum absolute atomic E-state index is 8.83. The van der Waals surface area contributed by atoms with Gasteiger partial charge in [0.05, 0.1) is 6.61 Å². The van der Waals surface area contributed by atoms with E-state index in [1.165, 1.54) is 25.9 Å². The van der Waals surface area contributed by atoms with Crippen LogP contribution >= 0.6 is 22.6 Å². The first-order valence-electron chi connectivity index (χ1n) is 5.51. The summed E-state index contributed by atoms with van der Waals surface area (Å²) in [6.07, 6.45) is 2.78. The van der Waals surface area contributed by atoms with Crippen LogP contribution in [0, 0.1) is 0 Å². The lowest BCUT2D eigenvalue weighted by Crippen LogP contribution is -2.54. The number of halogens is 1. The average molecular weight is 310 g/mol. The Morgan fingerprint density at radius 2 is 1.79 bits per heavy atom. The van der Waals surface area contributed by atoms with E-state index in [1.807, 2.05) is 0 Å². The van der Waals surface area contributed by atoms with Gasteiger partial charge < -0.3 is 5.11 Å². The highest BCUT2D eigenvalue weighted by molar-refractivity contribution is 14.1. The smallest absolute Gasteiger partial charge is 0.0558 e. The average Bonchev–Trinajstić information content (AvgIpc) is 2.15. The Labute approximate surface area is 99.6 Å². The molecule has 1 aliphatic heterocycles. The van der Waals surface area contributed by atoms with E-state index in [1.54, 1.807) is 0 Å². The van der Waals surface area contributed by atoms with E-state index in [-0.39, 0.29) is 0 Å². The highest BCUT2D eigenvalue weighted by Crippen LogP contribution is 2.32. The lowest BCUT2D eigenvalue weighted by atomic mass is 9.91. The number of piperazine rings is 1. The number of aliphatic hydroxyl groups excluding tert-OH is 1. The summed E-state index contributed by atoms with van der Waals surface area (Å²) in [4.78, 5) is 4.99. The van der Waals surface area contributed by atoms with Gasteiger partial charge in [-0.05, 0) is 12.8 Å². The van der Waals surface area contributed by atoms with Gasteiger partial charge in [-0.3, -0.25) is 9.80 Å². The summed E-state index contributed by atoms with van der Waals surface area (Å²) in [6.45, 7) is 5.85. The second kappa shape index (κ2) is 5.09. The Morgan fingerprint density at radius 3 is 2.29 bits per heavy atom. The van der Waals surface area contributed by atoms with Crippen molar-refractivity contribution < 1.29 is 5.11 Å². The van der Waals surface area contributed by atoms with Gasteiger partial charge in [0.2, 0.25) is 0 Å². The number of hydrogen-bond acceptors (Lipinski definition) is 3. The molecule has 1 saturated carbocycles. The fourth-order valence-corrected chi connectivity index (χ4v) is 3.49. The number of aliphatic hydroxyl groups is 1. The molecule has 82 valence electrons. The van der Waals surface area contributed by atoms with E-state index in [0.29, 0.717) is 6.61 Å². The second-order valence-electron chi connectivity index (χ2n) is 4.32. The van der Waals surface area contributed by atoms with Crippen LogP contribution in [0.4, 0.5) is 0 Å². The molecule has 1 saturated heterocycles. The SMILES string of the molecule is OCCN1CCN(C2CC(I)C2)CC1. The molecular formula is C10H19IN2O. The van der Waals surface area contributed by atoms with Crippen molar-refractivity contribution in [2.24, 2.45) is 0 Å². The van der Waals surface area contributed by atoms with Crippen LogP contribution in [-0.4, -0.2) is 64.2 Å². The Kier molecular flexibility index (Phi) is 4.04. The van der Waals surface area contributed by atoms with E-state index in [9.17, 15) is 0 Å². The molecule has 0 aromatic heterocycles. The van der Waals surface area contributed by atoms with E-state index in [0.717, 1.165) is 29.6 Å². The van der Waals surface area contributed by atoms with Gasteiger partial charge >= 0.3 is 0 Å². The fraction of sp³-hybridized carbons (Fsp3) is 1.00. The maximum atomic E-state index is 8.83. The molecule has 2 fully saturated rings. The maximum Gasteiger partial charge on any atom is 0.0558 e. The zero-order valence-electron chi connectivity index (χ0n) is 8.53. The van der Waals surface area contributed by atoms with Gasteiger partial charge in [0, 0.05) is 42.7 Å². The number of alkyl halides is 1. The molecule has 0 spiro atoms. The summed E-state index contributed by atoms with van der Waals surface area (Å²) in [6, 6.07) is 0.869. The molecule has 0 aromatic carbocycles. The van der Waals surface area contributed by atoms with Crippen LogP contribution in [0.3, 0.4) is 0 Å². The minimum atomic E-state index is 0.305. The zero-order chi connectivity index (χ0) is 9.97. The molecule has 2 rings (SSSR count). The van der Waals surface area contributed by atoms with Crippen molar-refractivity contribution in [2.75, 3.05) is 39.3 Å². The van der Waals surface area contributed by atoms with E-state index in [4.69, 9.17) is 5.11 Å². The predicted molar refractivity (Wildman–Crippen MR) is 65.9 cm³/mol. The standard InChI is InChI=1S/C10H19IN2O/c11-9-7-10(8-9)13-3-1-12(2-4-13)5-6-14/h9-10,14H,1-8H2. The highest BCUT2D eigenvalue weighted by atomic mass is 127. The van der Waals surface area contributed by atoms with Gasteiger partial charge in [-0.2, -0.15) is 0 Å². The van der Waals surface area contributed by atoms with Crippen LogP contribution in [-0.2, 0) is 0 Å². The molecule has 1 N–H and O–H groups in total. The predicted octanol–water partition coefficient (Wildman–Crippen LogP) is 0.562. The second-order valence-corrected chi connectivity index (χ2v) is 6.09. The fourth-order valence-electron chi connectivity index (χ4n) is 2.31.